The first-order valence-electron chi connectivity index (χ1n) is 4.54. The summed E-state index contributed by atoms with van der Waals surface area (Å²) in [7, 11) is 2.10. The first-order chi connectivity index (χ1) is 6.18. The van der Waals surface area contributed by atoms with Gasteiger partial charge in [0.25, 0.3) is 0 Å². The van der Waals surface area contributed by atoms with Crippen LogP contribution in [0, 0.1) is 13.8 Å². The van der Waals surface area contributed by atoms with E-state index in [1.54, 1.807) is 0 Å². The number of nitrogens with zero attached hydrogens (tertiary/aromatic N) is 1. The zero-order chi connectivity index (χ0) is 9.42. The fourth-order valence-corrected chi connectivity index (χ4v) is 1.63. The van der Waals surface area contributed by atoms with Crippen LogP contribution in [0.4, 0.5) is 0 Å². The van der Waals surface area contributed by atoms with Crippen molar-refractivity contribution in [1.29, 1.82) is 0 Å². The van der Waals surface area contributed by atoms with Gasteiger partial charge in [-0.3, -0.25) is 0 Å². The van der Waals surface area contributed by atoms with Crippen LogP contribution in [-0.4, -0.2) is 0 Å². The van der Waals surface area contributed by atoms with Gasteiger partial charge in [0.15, 0.2) is 5.69 Å². The van der Waals surface area contributed by atoms with E-state index < -0.39 is 0 Å². The van der Waals surface area contributed by atoms with Crippen LogP contribution >= 0.6 is 0 Å². The molecule has 66 valence electrons. The number of fused-ring (bicyclic) bond motifs is 1. The SMILES string of the molecule is Cc1ccc2c(ccc(C)[n+]2C)c1. The number of hydrogen-bond donors (Lipinski definition) is 0. The van der Waals surface area contributed by atoms with Crippen LogP contribution in [0.1, 0.15) is 11.3 Å². The second-order valence-electron chi connectivity index (χ2n) is 3.60. The Balaban J connectivity index is 2.87. The molecule has 0 aliphatic rings. The first kappa shape index (κ1) is 8.24. The molecule has 0 saturated heterocycles. The molecule has 13 heavy (non-hydrogen) atoms. The Morgan fingerprint density at radius 2 is 1.77 bits per heavy atom. The smallest absolute Gasteiger partial charge is 0.199 e. The Morgan fingerprint density at radius 3 is 2.54 bits per heavy atom. The molecule has 0 unspecified atom stereocenters. The van der Waals surface area contributed by atoms with Crippen molar-refractivity contribution < 1.29 is 4.57 Å². The molecule has 0 atom stereocenters. The average Bonchev–Trinajstić information content (AvgIpc) is 2.12. The number of hydrogen-bond acceptors (Lipinski definition) is 0. The van der Waals surface area contributed by atoms with Crippen LogP contribution in [0.5, 0.6) is 0 Å². The molecule has 1 heterocycles. The minimum atomic E-state index is 1.29. The summed E-state index contributed by atoms with van der Waals surface area (Å²) in [5.41, 5.74) is 3.90. The van der Waals surface area contributed by atoms with Gasteiger partial charge in [-0.05, 0) is 19.1 Å². The molecule has 0 saturated carbocycles. The van der Waals surface area contributed by atoms with Gasteiger partial charge < -0.3 is 0 Å². The van der Waals surface area contributed by atoms with E-state index in [1.165, 1.54) is 22.2 Å². The van der Waals surface area contributed by atoms with Gasteiger partial charge in [-0.15, -0.1) is 0 Å². The minimum Gasteiger partial charge on any atom is -0.199 e. The van der Waals surface area contributed by atoms with Crippen molar-refractivity contribution in [2.24, 2.45) is 7.05 Å². The Labute approximate surface area is 78.6 Å². The summed E-state index contributed by atoms with van der Waals surface area (Å²) in [5, 5.41) is 1.31. The summed E-state index contributed by atoms with van der Waals surface area (Å²) in [5.74, 6) is 0. The van der Waals surface area contributed by atoms with E-state index in [9.17, 15) is 0 Å². The van der Waals surface area contributed by atoms with Crippen LogP contribution in [-0.2, 0) is 7.05 Å². The molecular weight excluding hydrogens is 158 g/mol. The van der Waals surface area contributed by atoms with Crippen LogP contribution in [0.2, 0.25) is 0 Å². The number of pyridine rings is 1. The molecule has 0 fully saturated rings. The molecular formula is C12H14N+. The van der Waals surface area contributed by atoms with E-state index in [4.69, 9.17) is 0 Å². The lowest BCUT2D eigenvalue weighted by molar-refractivity contribution is -0.651. The third-order valence-corrected chi connectivity index (χ3v) is 2.58. The molecule has 0 aliphatic carbocycles. The van der Waals surface area contributed by atoms with Crippen molar-refractivity contribution in [3.05, 3.63) is 41.6 Å². The van der Waals surface area contributed by atoms with Gasteiger partial charge in [0, 0.05) is 24.4 Å². The summed E-state index contributed by atoms with van der Waals surface area (Å²) in [6, 6.07) is 10.9. The van der Waals surface area contributed by atoms with Gasteiger partial charge in [0.2, 0.25) is 5.52 Å². The molecule has 1 heteroatoms. The Hall–Kier alpha value is -1.37. The quantitative estimate of drug-likeness (QED) is 0.537. The standard InChI is InChI=1S/C12H14N/c1-9-4-7-12-11(8-9)6-5-10(2)13(12)3/h4-8H,1-3H3/q+1. The third kappa shape index (κ3) is 1.31. The monoisotopic (exact) mass is 172 g/mol. The molecule has 0 radical (unpaired) electrons. The number of benzene rings is 1. The highest BCUT2D eigenvalue weighted by molar-refractivity contribution is 5.76. The lowest BCUT2D eigenvalue weighted by Gasteiger charge is -2.00. The van der Waals surface area contributed by atoms with Crippen molar-refractivity contribution in [3.63, 3.8) is 0 Å². The fraction of sp³-hybridized carbons (Fsp3) is 0.250. The largest absolute Gasteiger partial charge is 0.212 e. The highest BCUT2D eigenvalue weighted by Gasteiger charge is 2.06. The maximum Gasteiger partial charge on any atom is 0.212 e. The molecule has 0 aliphatic heterocycles. The van der Waals surface area contributed by atoms with Crippen LogP contribution < -0.4 is 4.57 Å². The summed E-state index contributed by atoms with van der Waals surface area (Å²) < 4.78 is 2.22. The van der Waals surface area contributed by atoms with Crippen LogP contribution in [0.15, 0.2) is 30.3 Å². The number of aromatic nitrogens is 1. The summed E-state index contributed by atoms with van der Waals surface area (Å²) >= 11 is 0. The van der Waals surface area contributed by atoms with Crippen LogP contribution in [0.25, 0.3) is 10.9 Å². The van der Waals surface area contributed by atoms with Gasteiger partial charge in [0.05, 0.1) is 0 Å². The molecule has 0 N–H and O–H groups in total. The maximum atomic E-state index is 2.22. The zero-order valence-corrected chi connectivity index (χ0v) is 8.33. The van der Waals surface area contributed by atoms with Gasteiger partial charge >= 0.3 is 0 Å². The van der Waals surface area contributed by atoms with E-state index in [-0.39, 0.29) is 0 Å². The van der Waals surface area contributed by atoms with Gasteiger partial charge in [-0.2, -0.15) is 4.57 Å². The predicted octanol–water partition coefficient (Wildman–Crippen LogP) is 2.28. The van der Waals surface area contributed by atoms with Crippen LogP contribution in [0.3, 0.4) is 0 Å². The maximum absolute atomic E-state index is 2.22. The Morgan fingerprint density at radius 1 is 1.00 bits per heavy atom. The second-order valence-corrected chi connectivity index (χ2v) is 3.60. The van der Waals surface area contributed by atoms with E-state index in [1.807, 2.05) is 0 Å². The number of rotatable bonds is 0. The molecule has 0 amide bonds. The molecule has 2 aromatic rings. The summed E-state index contributed by atoms with van der Waals surface area (Å²) in [4.78, 5) is 0. The Kier molecular flexibility index (Phi) is 1.80. The first-order valence-corrected chi connectivity index (χ1v) is 4.54. The van der Waals surface area contributed by atoms with Gasteiger partial charge in [0.1, 0.15) is 7.05 Å². The van der Waals surface area contributed by atoms with Crippen molar-refractivity contribution in [2.75, 3.05) is 0 Å². The lowest BCUT2D eigenvalue weighted by atomic mass is 10.1. The summed E-state index contributed by atoms with van der Waals surface area (Å²) in [6.45, 7) is 4.25. The molecule has 1 nitrogen and oxygen atoms in total. The van der Waals surface area contributed by atoms with E-state index in [0.29, 0.717) is 0 Å². The molecule has 1 aromatic carbocycles. The van der Waals surface area contributed by atoms with Crippen molar-refractivity contribution in [2.45, 2.75) is 13.8 Å². The van der Waals surface area contributed by atoms with E-state index in [0.717, 1.165) is 0 Å². The van der Waals surface area contributed by atoms with Gasteiger partial charge in [-0.1, -0.05) is 11.6 Å². The van der Waals surface area contributed by atoms with Crippen molar-refractivity contribution in [3.8, 4) is 0 Å². The zero-order valence-electron chi connectivity index (χ0n) is 8.33. The Bertz CT molecular complexity index is 458. The highest BCUT2D eigenvalue weighted by Crippen LogP contribution is 2.12. The molecule has 0 spiro atoms. The van der Waals surface area contributed by atoms with Crippen molar-refractivity contribution >= 4 is 10.9 Å². The number of aryl methyl sites for hydroxylation is 3. The van der Waals surface area contributed by atoms with E-state index in [2.05, 4.69) is 55.8 Å². The highest BCUT2D eigenvalue weighted by atomic mass is 14.9. The third-order valence-electron chi connectivity index (χ3n) is 2.58. The predicted molar refractivity (Wildman–Crippen MR) is 54.6 cm³/mol. The van der Waals surface area contributed by atoms with E-state index >= 15 is 0 Å². The second kappa shape index (κ2) is 2.84. The molecule has 0 bridgehead atoms. The topological polar surface area (TPSA) is 3.88 Å². The molecule has 2 rings (SSSR count). The van der Waals surface area contributed by atoms with Gasteiger partial charge in [-0.25, -0.2) is 0 Å². The lowest BCUT2D eigenvalue weighted by Crippen LogP contribution is -2.32. The average molecular weight is 172 g/mol. The van der Waals surface area contributed by atoms with Crippen molar-refractivity contribution in [1.82, 2.24) is 0 Å². The molecule has 1 aromatic heterocycles. The fourth-order valence-electron chi connectivity index (χ4n) is 1.63. The minimum absolute atomic E-state index is 1.29. The normalized spacial score (nSPS) is 10.7. The summed E-state index contributed by atoms with van der Waals surface area (Å²) in [6.07, 6.45) is 0.